The highest BCUT2D eigenvalue weighted by atomic mass is 16.3. The number of amides is 1. The van der Waals surface area contributed by atoms with Crippen LogP contribution in [0.1, 0.15) is 77.2 Å². The zero-order chi connectivity index (χ0) is 27.4. The Balaban J connectivity index is 1.30. The average Bonchev–Trinajstić information content (AvgIpc) is 3.70. The molecule has 3 aliphatic carbocycles. The van der Waals surface area contributed by atoms with Gasteiger partial charge in [-0.1, -0.05) is 18.7 Å². The Morgan fingerprint density at radius 1 is 1.08 bits per heavy atom. The van der Waals surface area contributed by atoms with E-state index in [1.165, 1.54) is 12.8 Å². The summed E-state index contributed by atoms with van der Waals surface area (Å²) in [7, 11) is 1.98. The zero-order valence-corrected chi connectivity index (χ0v) is 23.7. The summed E-state index contributed by atoms with van der Waals surface area (Å²) in [4.78, 5) is 16.0. The van der Waals surface area contributed by atoms with E-state index in [1.807, 2.05) is 24.5 Å². The molecule has 5 rings (SSSR count). The highest BCUT2D eigenvalue weighted by Gasteiger charge is 2.32. The molecule has 3 fully saturated rings. The molecular formula is C32H45N5O2. The van der Waals surface area contributed by atoms with E-state index < -0.39 is 0 Å². The molecule has 210 valence electrons. The lowest BCUT2D eigenvalue weighted by Crippen LogP contribution is -2.42. The molecular weight excluding hydrogens is 486 g/mol. The van der Waals surface area contributed by atoms with Crippen molar-refractivity contribution in [2.24, 2.45) is 22.9 Å². The lowest BCUT2D eigenvalue weighted by atomic mass is 9.78. The Morgan fingerprint density at radius 2 is 1.79 bits per heavy atom. The number of hydrazone groups is 1. The maximum Gasteiger partial charge on any atom is 0.230 e. The number of carbonyl (C=O) groups is 1. The van der Waals surface area contributed by atoms with Gasteiger partial charge in [-0.25, -0.2) is 0 Å². The maximum atomic E-state index is 14.0. The quantitative estimate of drug-likeness (QED) is 0.298. The predicted octanol–water partition coefficient (Wildman–Crippen LogP) is 6.07. The van der Waals surface area contributed by atoms with E-state index in [1.54, 1.807) is 0 Å². The van der Waals surface area contributed by atoms with Gasteiger partial charge in [-0.3, -0.25) is 9.48 Å². The van der Waals surface area contributed by atoms with Gasteiger partial charge in [0.15, 0.2) is 0 Å². The van der Waals surface area contributed by atoms with Crippen molar-refractivity contribution in [1.82, 2.24) is 14.8 Å². The SMILES string of the molecule is C=C(/C=N\N(C)CC)[C@H]1CC[C@H](CN(c2cccc(-c3cnn(C4CC4)c3)c2)C(=O)[C@H]2CC[C@H](O)CC2)CC1. The molecule has 0 saturated heterocycles. The van der Waals surface area contributed by atoms with Gasteiger partial charge in [0.25, 0.3) is 0 Å². The number of aliphatic hydroxyl groups is 1. The summed E-state index contributed by atoms with van der Waals surface area (Å²) >= 11 is 0. The van der Waals surface area contributed by atoms with Gasteiger partial charge in [-0.05, 0) is 106 Å². The fourth-order valence-electron chi connectivity index (χ4n) is 6.08. The molecule has 1 aromatic heterocycles. The minimum absolute atomic E-state index is 0.0162. The third kappa shape index (κ3) is 6.99. The first-order chi connectivity index (χ1) is 18.9. The molecule has 1 amide bonds. The van der Waals surface area contributed by atoms with Gasteiger partial charge in [-0.2, -0.15) is 10.2 Å². The van der Waals surface area contributed by atoms with Crippen LogP contribution in [0.4, 0.5) is 5.69 Å². The Hall–Kier alpha value is -2.93. The molecule has 7 nitrogen and oxygen atoms in total. The lowest BCUT2D eigenvalue weighted by Gasteiger charge is -2.36. The van der Waals surface area contributed by atoms with Gasteiger partial charge in [0.1, 0.15) is 0 Å². The molecule has 0 atom stereocenters. The van der Waals surface area contributed by atoms with Crippen molar-refractivity contribution < 1.29 is 9.90 Å². The van der Waals surface area contributed by atoms with Crippen molar-refractivity contribution in [2.45, 2.75) is 83.3 Å². The number of aromatic nitrogens is 2. The second-order valence-electron chi connectivity index (χ2n) is 12.0. The molecule has 0 radical (unpaired) electrons. The van der Waals surface area contributed by atoms with Crippen LogP contribution in [0.3, 0.4) is 0 Å². The van der Waals surface area contributed by atoms with E-state index in [9.17, 15) is 9.90 Å². The van der Waals surface area contributed by atoms with Gasteiger partial charge in [-0.15, -0.1) is 0 Å². The molecule has 39 heavy (non-hydrogen) atoms. The monoisotopic (exact) mass is 531 g/mol. The van der Waals surface area contributed by atoms with Gasteiger partial charge in [0.2, 0.25) is 5.91 Å². The molecule has 1 N–H and O–H groups in total. The van der Waals surface area contributed by atoms with Crippen LogP contribution in [0.5, 0.6) is 0 Å². The predicted molar refractivity (Wildman–Crippen MR) is 158 cm³/mol. The molecule has 3 aliphatic rings. The van der Waals surface area contributed by atoms with Crippen molar-refractivity contribution in [3.8, 4) is 11.1 Å². The van der Waals surface area contributed by atoms with Crippen molar-refractivity contribution in [3.63, 3.8) is 0 Å². The summed E-state index contributed by atoms with van der Waals surface area (Å²) in [5.41, 5.74) is 4.30. The van der Waals surface area contributed by atoms with Crippen LogP contribution >= 0.6 is 0 Å². The van der Waals surface area contributed by atoms with Gasteiger partial charge in [0, 0.05) is 49.7 Å². The molecule has 0 unspecified atom stereocenters. The molecule has 1 aromatic carbocycles. The van der Waals surface area contributed by atoms with E-state index in [0.717, 1.165) is 74.0 Å². The first kappa shape index (κ1) is 27.6. The third-order valence-corrected chi connectivity index (χ3v) is 9.02. The van der Waals surface area contributed by atoms with Crippen LogP contribution in [-0.2, 0) is 4.79 Å². The van der Waals surface area contributed by atoms with Crippen molar-refractivity contribution in [2.75, 3.05) is 25.0 Å². The van der Waals surface area contributed by atoms with Crippen LogP contribution in [-0.4, -0.2) is 58.3 Å². The fourth-order valence-corrected chi connectivity index (χ4v) is 6.08. The molecule has 0 aliphatic heterocycles. The number of rotatable bonds is 10. The average molecular weight is 532 g/mol. The smallest absolute Gasteiger partial charge is 0.230 e. The van der Waals surface area contributed by atoms with Crippen molar-refractivity contribution >= 4 is 17.8 Å². The van der Waals surface area contributed by atoms with E-state index in [4.69, 9.17) is 0 Å². The minimum Gasteiger partial charge on any atom is -0.393 e. The number of nitrogens with zero attached hydrogens (tertiary/aromatic N) is 5. The van der Waals surface area contributed by atoms with Gasteiger partial charge in [0.05, 0.1) is 18.3 Å². The molecule has 1 heterocycles. The molecule has 2 aromatic rings. The first-order valence-electron chi connectivity index (χ1n) is 15.0. The number of aliphatic hydroxyl groups excluding tert-OH is 1. The van der Waals surface area contributed by atoms with Crippen LogP contribution in [0, 0.1) is 17.8 Å². The Bertz CT molecular complexity index is 1150. The van der Waals surface area contributed by atoms with Gasteiger partial charge < -0.3 is 15.0 Å². The second-order valence-corrected chi connectivity index (χ2v) is 12.0. The largest absolute Gasteiger partial charge is 0.393 e. The maximum absolute atomic E-state index is 14.0. The number of carbonyl (C=O) groups excluding carboxylic acids is 1. The van der Waals surface area contributed by atoms with E-state index in [-0.39, 0.29) is 17.9 Å². The number of hydrogen-bond donors (Lipinski definition) is 1. The molecule has 7 heteroatoms. The highest BCUT2D eigenvalue weighted by molar-refractivity contribution is 5.95. The molecule has 3 saturated carbocycles. The summed E-state index contributed by atoms with van der Waals surface area (Å²) in [6.45, 7) is 8.01. The van der Waals surface area contributed by atoms with Crippen LogP contribution in [0.15, 0.2) is 53.9 Å². The van der Waals surface area contributed by atoms with Crippen LogP contribution in [0.25, 0.3) is 11.1 Å². The molecule has 0 bridgehead atoms. The van der Waals surface area contributed by atoms with Crippen molar-refractivity contribution in [3.05, 3.63) is 48.8 Å². The van der Waals surface area contributed by atoms with E-state index >= 15 is 0 Å². The van der Waals surface area contributed by atoms with E-state index in [0.29, 0.717) is 30.7 Å². The summed E-state index contributed by atoms with van der Waals surface area (Å²) < 4.78 is 2.08. The first-order valence-corrected chi connectivity index (χ1v) is 15.0. The Labute approximate surface area is 233 Å². The van der Waals surface area contributed by atoms with E-state index in [2.05, 4.69) is 63.7 Å². The van der Waals surface area contributed by atoms with Crippen molar-refractivity contribution in [1.29, 1.82) is 0 Å². The fraction of sp³-hybridized carbons (Fsp3) is 0.594. The second kappa shape index (κ2) is 12.5. The number of hydrogen-bond acceptors (Lipinski definition) is 5. The summed E-state index contributed by atoms with van der Waals surface area (Å²) in [5.74, 6) is 1.13. The highest BCUT2D eigenvalue weighted by Crippen LogP contribution is 2.37. The van der Waals surface area contributed by atoms with Gasteiger partial charge >= 0.3 is 0 Å². The summed E-state index contributed by atoms with van der Waals surface area (Å²) in [5, 5.41) is 21.0. The van der Waals surface area contributed by atoms with Crippen LogP contribution < -0.4 is 4.90 Å². The standard InChI is InChI=1S/C32H45N5O2/c1-4-35(3)33-19-23(2)25-10-8-24(9-11-25)21-36(32(39)26-12-16-31(38)17-13-26)30-7-5-6-27(18-30)28-20-34-37(22-28)29-14-15-29/h5-7,18-20,22,24-26,29,31,38H,2,4,8-17,21H2,1,3H3/b33-19-/t24-,25-,26-,31-. The number of benzene rings is 1. The summed E-state index contributed by atoms with van der Waals surface area (Å²) in [6, 6.07) is 8.98. The number of anilines is 1. The minimum atomic E-state index is -0.266. The molecule has 0 spiro atoms. The number of allylic oxidation sites excluding steroid dienone is 1. The topological polar surface area (TPSA) is 74.0 Å². The Kier molecular flexibility index (Phi) is 8.85. The Morgan fingerprint density at radius 3 is 2.49 bits per heavy atom. The summed E-state index contributed by atoms with van der Waals surface area (Å²) in [6.07, 6.45) is 15.5. The zero-order valence-electron chi connectivity index (χ0n) is 23.7. The van der Waals surface area contributed by atoms with Crippen LogP contribution in [0.2, 0.25) is 0 Å². The normalized spacial score (nSPS) is 25.5. The lowest BCUT2D eigenvalue weighted by molar-refractivity contribution is -0.124. The third-order valence-electron chi connectivity index (χ3n) is 9.02.